The molecule has 1 aliphatic rings. The molecule has 0 saturated heterocycles. The Labute approximate surface area is 163 Å². The summed E-state index contributed by atoms with van der Waals surface area (Å²) in [6, 6.07) is 10.2. The number of amides is 1. The predicted octanol–water partition coefficient (Wildman–Crippen LogP) is 2.51. The van der Waals surface area contributed by atoms with Gasteiger partial charge in [0.2, 0.25) is 0 Å². The lowest BCUT2D eigenvalue weighted by Crippen LogP contribution is -2.37. The zero-order valence-electron chi connectivity index (χ0n) is 15.8. The molecule has 4 rings (SSSR count). The van der Waals surface area contributed by atoms with Crippen molar-refractivity contribution in [3.63, 3.8) is 0 Å². The first-order chi connectivity index (χ1) is 13.5. The molecule has 3 aromatic rings. The minimum atomic E-state index is -0.116. The lowest BCUT2D eigenvalue weighted by molar-refractivity contribution is 0.0731. The molecule has 0 unspecified atom stereocenters. The van der Waals surface area contributed by atoms with E-state index in [0.717, 1.165) is 22.6 Å². The van der Waals surface area contributed by atoms with Crippen molar-refractivity contribution in [2.75, 3.05) is 25.5 Å². The maximum Gasteiger partial charge on any atom is 0.254 e. The summed E-state index contributed by atoms with van der Waals surface area (Å²) in [5.74, 6) is 1.43. The van der Waals surface area contributed by atoms with E-state index in [2.05, 4.69) is 4.98 Å². The molecule has 1 aliphatic heterocycles. The highest BCUT2D eigenvalue weighted by atomic mass is 16.3. The molecule has 142 valence electrons. The molecule has 1 amide bonds. The molecule has 0 fully saturated rings. The highest BCUT2D eigenvalue weighted by Gasteiger charge is 2.27. The Morgan fingerprint density at radius 1 is 1.18 bits per heavy atom. The molecular formula is C21H21N5O2. The number of aromatic hydroxyl groups is 1. The van der Waals surface area contributed by atoms with Gasteiger partial charge in [-0.3, -0.25) is 9.78 Å². The number of nitrogens with zero attached hydrogens (tertiary/aromatic N) is 5. The van der Waals surface area contributed by atoms with Crippen molar-refractivity contribution in [2.24, 2.45) is 0 Å². The highest BCUT2D eigenvalue weighted by molar-refractivity contribution is 5.94. The van der Waals surface area contributed by atoms with Crippen LogP contribution in [-0.4, -0.2) is 51.5 Å². The van der Waals surface area contributed by atoms with Crippen LogP contribution in [0.2, 0.25) is 0 Å². The van der Waals surface area contributed by atoms with Gasteiger partial charge in [0.25, 0.3) is 5.91 Å². The third kappa shape index (κ3) is 3.38. The molecule has 3 heterocycles. The summed E-state index contributed by atoms with van der Waals surface area (Å²) in [5.41, 5.74) is 3.22. The van der Waals surface area contributed by atoms with Gasteiger partial charge in [-0.25, -0.2) is 9.97 Å². The van der Waals surface area contributed by atoms with E-state index in [1.54, 1.807) is 35.5 Å². The first-order valence-corrected chi connectivity index (χ1v) is 9.09. The lowest BCUT2D eigenvalue weighted by atomic mass is 10.0. The molecule has 0 spiro atoms. The van der Waals surface area contributed by atoms with Gasteiger partial charge in [0.15, 0.2) is 5.82 Å². The van der Waals surface area contributed by atoms with E-state index in [1.165, 1.54) is 6.07 Å². The maximum absolute atomic E-state index is 12.9. The van der Waals surface area contributed by atoms with E-state index in [-0.39, 0.29) is 11.7 Å². The zero-order valence-corrected chi connectivity index (χ0v) is 15.8. The maximum atomic E-state index is 12.9. The number of hydrogen-bond acceptors (Lipinski definition) is 6. The summed E-state index contributed by atoms with van der Waals surface area (Å²) in [7, 11) is 3.92. The van der Waals surface area contributed by atoms with E-state index in [0.29, 0.717) is 30.9 Å². The Kier molecular flexibility index (Phi) is 4.65. The van der Waals surface area contributed by atoms with Crippen LogP contribution in [0.3, 0.4) is 0 Å². The van der Waals surface area contributed by atoms with Crippen LogP contribution >= 0.6 is 0 Å². The van der Waals surface area contributed by atoms with Gasteiger partial charge in [-0.05, 0) is 36.8 Å². The number of phenols is 1. The predicted molar refractivity (Wildman–Crippen MR) is 106 cm³/mol. The molecule has 1 aromatic carbocycles. The topological polar surface area (TPSA) is 82.5 Å². The number of hydrogen-bond donors (Lipinski definition) is 1. The number of fused-ring (bicyclic) bond motifs is 1. The van der Waals surface area contributed by atoms with Crippen molar-refractivity contribution in [1.29, 1.82) is 0 Å². The normalized spacial score (nSPS) is 13.1. The quantitative estimate of drug-likeness (QED) is 0.757. The summed E-state index contributed by atoms with van der Waals surface area (Å²) >= 11 is 0. The molecule has 0 saturated carbocycles. The smallest absolute Gasteiger partial charge is 0.254 e. The van der Waals surface area contributed by atoms with E-state index in [1.807, 2.05) is 31.1 Å². The van der Waals surface area contributed by atoms with Crippen LogP contribution in [0, 0.1) is 0 Å². The van der Waals surface area contributed by atoms with Crippen LogP contribution < -0.4 is 4.90 Å². The number of phenolic OH excluding ortho intramolecular Hbond substituents is 1. The number of rotatable bonds is 3. The number of aromatic nitrogens is 3. The van der Waals surface area contributed by atoms with Crippen LogP contribution in [0.25, 0.3) is 11.4 Å². The second-order valence-electron chi connectivity index (χ2n) is 6.96. The molecule has 0 atom stereocenters. The van der Waals surface area contributed by atoms with E-state index in [9.17, 15) is 9.90 Å². The van der Waals surface area contributed by atoms with Crippen molar-refractivity contribution in [3.8, 4) is 17.1 Å². The van der Waals surface area contributed by atoms with Gasteiger partial charge < -0.3 is 14.9 Å². The van der Waals surface area contributed by atoms with Crippen LogP contribution in [0.4, 0.5) is 5.82 Å². The summed E-state index contributed by atoms with van der Waals surface area (Å²) in [5, 5.41) is 9.68. The standard InChI is InChI=1S/C21H21N5O2/c1-25(2)20-17-8-10-26(21(28)14-5-3-7-16(27)11-14)13-18(17)23-19(24-20)15-6-4-9-22-12-15/h3-7,9,11-12,27H,8,10,13H2,1-2H3. The molecule has 28 heavy (non-hydrogen) atoms. The highest BCUT2D eigenvalue weighted by Crippen LogP contribution is 2.29. The average molecular weight is 375 g/mol. The van der Waals surface area contributed by atoms with Crippen LogP contribution in [0.15, 0.2) is 48.8 Å². The van der Waals surface area contributed by atoms with Crippen molar-refractivity contribution in [3.05, 3.63) is 65.6 Å². The van der Waals surface area contributed by atoms with Crippen LogP contribution in [0.5, 0.6) is 5.75 Å². The van der Waals surface area contributed by atoms with Gasteiger partial charge >= 0.3 is 0 Å². The Morgan fingerprint density at radius 2 is 2.04 bits per heavy atom. The second kappa shape index (κ2) is 7.26. The third-order valence-electron chi connectivity index (χ3n) is 4.77. The first-order valence-electron chi connectivity index (χ1n) is 9.09. The van der Waals surface area contributed by atoms with Crippen LogP contribution in [-0.2, 0) is 13.0 Å². The van der Waals surface area contributed by atoms with Gasteiger partial charge in [0.1, 0.15) is 11.6 Å². The molecule has 0 aliphatic carbocycles. The fourth-order valence-corrected chi connectivity index (χ4v) is 3.40. The molecule has 0 bridgehead atoms. The number of carbonyl (C=O) groups excluding carboxylic acids is 1. The monoisotopic (exact) mass is 375 g/mol. The van der Waals surface area contributed by atoms with Crippen molar-refractivity contribution >= 4 is 11.7 Å². The Morgan fingerprint density at radius 3 is 2.75 bits per heavy atom. The second-order valence-corrected chi connectivity index (χ2v) is 6.96. The average Bonchev–Trinajstić information content (AvgIpc) is 2.72. The zero-order chi connectivity index (χ0) is 19.7. The number of benzene rings is 1. The molecule has 7 heteroatoms. The van der Waals surface area contributed by atoms with Crippen molar-refractivity contribution < 1.29 is 9.90 Å². The summed E-state index contributed by atoms with van der Waals surface area (Å²) in [6.07, 6.45) is 4.13. The molecule has 7 nitrogen and oxygen atoms in total. The summed E-state index contributed by atoms with van der Waals surface area (Å²) in [4.78, 5) is 30.3. The number of anilines is 1. The van der Waals surface area contributed by atoms with Gasteiger partial charge in [-0.1, -0.05) is 6.07 Å². The van der Waals surface area contributed by atoms with Gasteiger partial charge in [0.05, 0.1) is 12.2 Å². The Bertz CT molecular complexity index is 1020. The minimum absolute atomic E-state index is 0.0827. The number of pyridine rings is 1. The lowest BCUT2D eigenvalue weighted by Gasteiger charge is -2.30. The van der Waals surface area contributed by atoms with Crippen molar-refractivity contribution in [2.45, 2.75) is 13.0 Å². The molecule has 0 radical (unpaired) electrons. The minimum Gasteiger partial charge on any atom is -0.508 e. The van der Waals surface area contributed by atoms with Gasteiger partial charge in [-0.15, -0.1) is 0 Å². The van der Waals surface area contributed by atoms with E-state index < -0.39 is 0 Å². The van der Waals surface area contributed by atoms with E-state index in [4.69, 9.17) is 9.97 Å². The van der Waals surface area contributed by atoms with Gasteiger partial charge in [-0.2, -0.15) is 0 Å². The van der Waals surface area contributed by atoms with Gasteiger partial charge in [0, 0.05) is 49.7 Å². The van der Waals surface area contributed by atoms with Crippen LogP contribution in [0.1, 0.15) is 21.6 Å². The Balaban J connectivity index is 1.71. The summed E-state index contributed by atoms with van der Waals surface area (Å²) in [6.45, 7) is 0.984. The summed E-state index contributed by atoms with van der Waals surface area (Å²) < 4.78 is 0. The largest absolute Gasteiger partial charge is 0.508 e. The first kappa shape index (κ1) is 17.9. The molecular weight excluding hydrogens is 354 g/mol. The van der Waals surface area contributed by atoms with E-state index >= 15 is 0 Å². The van der Waals surface area contributed by atoms with Crippen molar-refractivity contribution in [1.82, 2.24) is 19.9 Å². The number of carbonyl (C=O) groups is 1. The molecule has 1 N–H and O–H groups in total. The third-order valence-corrected chi connectivity index (χ3v) is 4.77. The molecule has 2 aromatic heterocycles. The Hall–Kier alpha value is -3.48. The fraction of sp³-hybridized carbons (Fsp3) is 0.238. The fourth-order valence-electron chi connectivity index (χ4n) is 3.40. The SMILES string of the molecule is CN(C)c1nc(-c2cccnc2)nc2c1CCN(C(=O)c1cccc(O)c1)C2.